The molecule has 0 aromatic rings. The van der Waals surface area contributed by atoms with E-state index < -0.39 is 11.4 Å². The third-order valence-corrected chi connectivity index (χ3v) is 3.29. The number of amides is 3. The first-order chi connectivity index (χ1) is 7.89. The van der Waals surface area contributed by atoms with Crippen LogP contribution in [0.2, 0.25) is 0 Å². The number of hydrogen-bond acceptors (Lipinski definition) is 3. The van der Waals surface area contributed by atoms with E-state index in [1.54, 1.807) is 0 Å². The Labute approximate surface area is 102 Å². The van der Waals surface area contributed by atoms with Crippen molar-refractivity contribution in [3.8, 4) is 0 Å². The SMILES string of the molecule is CCC1(CC)C(=O)N(C)C(=O)NC1=NC(C)C. The fourth-order valence-electron chi connectivity index (χ4n) is 2.12. The van der Waals surface area contributed by atoms with Crippen molar-refractivity contribution in [1.29, 1.82) is 0 Å². The summed E-state index contributed by atoms with van der Waals surface area (Å²) in [5.41, 5.74) is -0.674. The molecule has 5 nitrogen and oxygen atoms in total. The molecule has 0 aromatic carbocycles. The van der Waals surface area contributed by atoms with Crippen LogP contribution in [0.4, 0.5) is 4.79 Å². The maximum Gasteiger partial charge on any atom is 0.329 e. The predicted octanol–water partition coefficient (Wildman–Crippen LogP) is 1.78. The van der Waals surface area contributed by atoms with E-state index in [2.05, 4.69) is 10.3 Å². The summed E-state index contributed by atoms with van der Waals surface area (Å²) in [6.07, 6.45) is 1.27. The minimum atomic E-state index is -0.674. The lowest BCUT2D eigenvalue weighted by atomic mass is 9.78. The van der Waals surface area contributed by atoms with E-state index in [0.29, 0.717) is 18.7 Å². The zero-order valence-electron chi connectivity index (χ0n) is 11.2. The van der Waals surface area contributed by atoms with Gasteiger partial charge in [0.15, 0.2) is 0 Å². The predicted molar refractivity (Wildman–Crippen MR) is 66.9 cm³/mol. The highest BCUT2D eigenvalue weighted by atomic mass is 16.2. The van der Waals surface area contributed by atoms with Gasteiger partial charge >= 0.3 is 6.03 Å². The van der Waals surface area contributed by atoms with Crippen molar-refractivity contribution in [2.45, 2.75) is 46.6 Å². The van der Waals surface area contributed by atoms with Crippen LogP contribution in [-0.2, 0) is 4.79 Å². The first kappa shape index (κ1) is 13.7. The number of urea groups is 1. The lowest BCUT2D eigenvalue weighted by Gasteiger charge is -2.39. The molecular formula is C12H21N3O2. The summed E-state index contributed by atoms with van der Waals surface area (Å²) in [7, 11) is 1.50. The highest BCUT2D eigenvalue weighted by Gasteiger charge is 2.48. The quantitative estimate of drug-likeness (QED) is 0.816. The summed E-state index contributed by atoms with van der Waals surface area (Å²) < 4.78 is 0. The Kier molecular flexibility index (Phi) is 3.91. The van der Waals surface area contributed by atoms with Gasteiger partial charge in [-0.3, -0.25) is 20.0 Å². The van der Waals surface area contributed by atoms with Crippen LogP contribution in [0.1, 0.15) is 40.5 Å². The Hall–Kier alpha value is -1.39. The Bertz CT molecular complexity index is 357. The van der Waals surface area contributed by atoms with Gasteiger partial charge in [0.2, 0.25) is 5.91 Å². The maximum absolute atomic E-state index is 12.3. The molecule has 0 spiro atoms. The van der Waals surface area contributed by atoms with Crippen molar-refractivity contribution < 1.29 is 9.59 Å². The monoisotopic (exact) mass is 239 g/mol. The van der Waals surface area contributed by atoms with Crippen LogP contribution >= 0.6 is 0 Å². The van der Waals surface area contributed by atoms with Crippen molar-refractivity contribution in [1.82, 2.24) is 10.2 Å². The number of imide groups is 1. The number of amidine groups is 1. The summed E-state index contributed by atoms with van der Waals surface area (Å²) in [6.45, 7) is 7.75. The molecule has 96 valence electrons. The molecule has 1 rings (SSSR count). The van der Waals surface area contributed by atoms with Gasteiger partial charge in [0, 0.05) is 13.1 Å². The van der Waals surface area contributed by atoms with Crippen molar-refractivity contribution >= 4 is 17.8 Å². The van der Waals surface area contributed by atoms with E-state index in [4.69, 9.17) is 0 Å². The van der Waals surface area contributed by atoms with E-state index in [1.807, 2.05) is 27.7 Å². The molecule has 1 saturated heterocycles. The highest BCUT2D eigenvalue weighted by molar-refractivity contribution is 6.20. The van der Waals surface area contributed by atoms with Gasteiger partial charge in [0.25, 0.3) is 0 Å². The summed E-state index contributed by atoms with van der Waals surface area (Å²) in [5.74, 6) is 0.358. The molecule has 17 heavy (non-hydrogen) atoms. The molecule has 5 heteroatoms. The molecule has 0 bridgehead atoms. The number of rotatable bonds is 3. The van der Waals surface area contributed by atoms with E-state index in [9.17, 15) is 9.59 Å². The standard InChI is InChI=1S/C12H21N3O2/c1-6-12(7-2)9(13-8(3)4)14-11(17)15(5)10(12)16/h8H,6-7H2,1-5H3,(H,13,14,17). The smallest absolute Gasteiger partial charge is 0.295 e. The largest absolute Gasteiger partial charge is 0.329 e. The second-order valence-electron chi connectivity index (χ2n) is 4.65. The Morgan fingerprint density at radius 1 is 1.29 bits per heavy atom. The molecule has 1 aliphatic heterocycles. The molecule has 0 radical (unpaired) electrons. The zero-order chi connectivity index (χ0) is 13.2. The van der Waals surface area contributed by atoms with Crippen LogP contribution in [0.15, 0.2) is 4.99 Å². The van der Waals surface area contributed by atoms with Crippen LogP contribution in [0.5, 0.6) is 0 Å². The molecule has 0 atom stereocenters. The molecule has 1 aliphatic rings. The minimum absolute atomic E-state index is 0.0546. The first-order valence-electron chi connectivity index (χ1n) is 6.06. The van der Waals surface area contributed by atoms with E-state index in [-0.39, 0.29) is 11.9 Å². The van der Waals surface area contributed by atoms with E-state index in [0.717, 1.165) is 4.90 Å². The third-order valence-electron chi connectivity index (χ3n) is 3.29. The van der Waals surface area contributed by atoms with Crippen LogP contribution in [0, 0.1) is 5.41 Å². The normalized spacial score (nSPS) is 22.2. The van der Waals surface area contributed by atoms with Gasteiger partial charge in [-0.1, -0.05) is 13.8 Å². The van der Waals surface area contributed by atoms with Crippen LogP contribution < -0.4 is 5.32 Å². The topological polar surface area (TPSA) is 61.8 Å². The Morgan fingerprint density at radius 2 is 1.82 bits per heavy atom. The number of hydrogen-bond donors (Lipinski definition) is 1. The fourth-order valence-corrected chi connectivity index (χ4v) is 2.12. The zero-order valence-corrected chi connectivity index (χ0v) is 11.2. The molecule has 0 aliphatic carbocycles. The molecule has 0 saturated carbocycles. The number of carbonyl (C=O) groups excluding carboxylic acids is 2. The fraction of sp³-hybridized carbons (Fsp3) is 0.750. The van der Waals surface area contributed by atoms with Gasteiger partial charge in [-0.2, -0.15) is 0 Å². The van der Waals surface area contributed by atoms with E-state index >= 15 is 0 Å². The second kappa shape index (κ2) is 4.85. The average Bonchev–Trinajstić information content (AvgIpc) is 2.27. The second-order valence-corrected chi connectivity index (χ2v) is 4.65. The first-order valence-corrected chi connectivity index (χ1v) is 6.06. The van der Waals surface area contributed by atoms with Crippen molar-refractivity contribution in [3.05, 3.63) is 0 Å². The number of carbonyl (C=O) groups is 2. The summed E-state index contributed by atoms with van der Waals surface area (Å²) >= 11 is 0. The Balaban J connectivity index is 3.26. The lowest BCUT2D eigenvalue weighted by Crippen LogP contribution is -2.62. The number of nitrogens with zero attached hydrogens (tertiary/aromatic N) is 2. The molecule has 0 unspecified atom stereocenters. The van der Waals surface area contributed by atoms with Crippen molar-refractivity contribution in [3.63, 3.8) is 0 Å². The molecule has 0 aromatic heterocycles. The average molecular weight is 239 g/mol. The van der Waals surface area contributed by atoms with Crippen LogP contribution in [0.3, 0.4) is 0 Å². The van der Waals surface area contributed by atoms with Gasteiger partial charge < -0.3 is 0 Å². The number of nitrogens with one attached hydrogen (secondary N) is 1. The van der Waals surface area contributed by atoms with Gasteiger partial charge in [0.05, 0.1) is 0 Å². The van der Waals surface area contributed by atoms with Crippen LogP contribution in [-0.4, -0.2) is 35.8 Å². The summed E-state index contributed by atoms with van der Waals surface area (Å²) in [4.78, 5) is 29.5. The third kappa shape index (κ3) is 2.18. The molecular weight excluding hydrogens is 218 g/mol. The van der Waals surface area contributed by atoms with Gasteiger partial charge in [-0.25, -0.2) is 4.79 Å². The highest BCUT2D eigenvalue weighted by Crippen LogP contribution is 2.32. The minimum Gasteiger partial charge on any atom is -0.295 e. The molecule has 3 amide bonds. The van der Waals surface area contributed by atoms with Crippen molar-refractivity contribution in [2.24, 2.45) is 10.4 Å². The molecule has 1 N–H and O–H groups in total. The van der Waals surface area contributed by atoms with Crippen LogP contribution in [0.25, 0.3) is 0 Å². The lowest BCUT2D eigenvalue weighted by molar-refractivity contribution is -0.135. The van der Waals surface area contributed by atoms with Gasteiger partial charge in [-0.05, 0) is 26.7 Å². The summed E-state index contributed by atoms with van der Waals surface area (Å²) in [6, 6.07) is -0.342. The Morgan fingerprint density at radius 3 is 2.24 bits per heavy atom. The maximum atomic E-state index is 12.3. The molecule has 1 heterocycles. The number of aliphatic imine (C=N–C) groups is 1. The van der Waals surface area contributed by atoms with Crippen molar-refractivity contribution in [2.75, 3.05) is 7.05 Å². The summed E-state index contributed by atoms with van der Waals surface area (Å²) in [5, 5.41) is 2.74. The van der Waals surface area contributed by atoms with Gasteiger partial charge in [0.1, 0.15) is 11.3 Å². The molecule has 1 fully saturated rings. The van der Waals surface area contributed by atoms with E-state index in [1.165, 1.54) is 7.05 Å². The van der Waals surface area contributed by atoms with Gasteiger partial charge in [-0.15, -0.1) is 0 Å².